The van der Waals surface area contributed by atoms with Gasteiger partial charge in [-0.05, 0) is 30.5 Å². The highest BCUT2D eigenvalue weighted by molar-refractivity contribution is 6.29. The Morgan fingerprint density at radius 1 is 0.889 bits per heavy atom. The molecule has 8 unspecified atom stereocenters. The zero-order valence-corrected chi connectivity index (χ0v) is 29.2. The minimum atomic E-state index is -1.82. The molecule has 1 amide bonds. The number of hydrogen-bond acceptors (Lipinski definition) is 15. The Kier molecular flexibility index (Phi) is 9.66. The van der Waals surface area contributed by atoms with Crippen LogP contribution in [0.2, 0.25) is 0 Å². The molecule has 16 heteroatoms. The van der Waals surface area contributed by atoms with E-state index in [4.69, 9.17) is 19.9 Å². The summed E-state index contributed by atoms with van der Waals surface area (Å²) in [6, 6.07) is 14.7. The molecule has 0 spiro atoms. The van der Waals surface area contributed by atoms with E-state index in [9.17, 15) is 39.9 Å². The molecule has 3 aliphatic heterocycles. The number of nitrogens with zero attached hydrogens (tertiary/aromatic N) is 1. The second-order valence-corrected chi connectivity index (χ2v) is 14.4. The van der Waals surface area contributed by atoms with Crippen LogP contribution >= 0.6 is 0 Å². The van der Waals surface area contributed by atoms with Crippen molar-refractivity contribution in [3.63, 3.8) is 0 Å². The zero-order valence-electron chi connectivity index (χ0n) is 29.2. The van der Waals surface area contributed by atoms with Crippen LogP contribution in [0.25, 0.3) is 0 Å². The molecule has 3 heterocycles. The summed E-state index contributed by atoms with van der Waals surface area (Å²) in [5.74, 6) is -1.53. The molecule has 16 nitrogen and oxygen atoms in total. The molecule has 1 saturated carbocycles. The van der Waals surface area contributed by atoms with E-state index >= 15 is 0 Å². The lowest BCUT2D eigenvalue weighted by atomic mass is 9.81. The SMILES string of the molecule is NC1NC(=O)C2NCN(c3ccccc3Cc3cc4c(c(OCCO)c3OC3OC(C5(O)CCCC5)C(O)C(O)C3O)C(=O)c3ccccc3C4=O)C2N1. The summed E-state index contributed by atoms with van der Waals surface area (Å²) in [4.78, 5) is 43.0. The van der Waals surface area contributed by atoms with Crippen LogP contribution in [-0.4, -0.2) is 118 Å². The van der Waals surface area contributed by atoms with Crippen LogP contribution in [0.15, 0.2) is 54.6 Å². The Balaban J connectivity index is 1.26. The molecule has 5 aliphatic rings. The molecule has 3 saturated heterocycles. The molecule has 4 fully saturated rings. The van der Waals surface area contributed by atoms with E-state index in [0.29, 0.717) is 42.5 Å². The van der Waals surface area contributed by atoms with Gasteiger partial charge in [0.25, 0.3) is 0 Å². The molecular formula is C38H43N5O11. The number of para-hydroxylation sites is 1. The van der Waals surface area contributed by atoms with Crippen molar-refractivity contribution in [2.45, 2.75) is 86.9 Å². The van der Waals surface area contributed by atoms with Gasteiger partial charge in [-0.2, -0.15) is 0 Å². The monoisotopic (exact) mass is 745 g/mol. The maximum Gasteiger partial charge on any atom is 0.242 e. The maximum absolute atomic E-state index is 14.2. The Hall–Kier alpha value is -4.49. The molecule has 0 bridgehead atoms. The lowest BCUT2D eigenvalue weighted by molar-refractivity contribution is -0.304. The van der Waals surface area contributed by atoms with E-state index in [-0.39, 0.29) is 59.4 Å². The lowest BCUT2D eigenvalue weighted by Gasteiger charge is -2.45. The Morgan fingerprint density at radius 2 is 1.59 bits per heavy atom. The number of nitrogens with two attached hydrogens (primary N) is 1. The van der Waals surface area contributed by atoms with Crippen molar-refractivity contribution in [3.05, 3.63) is 88.0 Å². The molecule has 2 aliphatic carbocycles. The summed E-state index contributed by atoms with van der Waals surface area (Å²) in [6.07, 6.45) is -7.58. The molecule has 3 aromatic rings. The van der Waals surface area contributed by atoms with Crippen molar-refractivity contribution >= 4 is 23.2 Å². The third kappa shape index (κ3) is 6.13. The third-order valence-electron chi connectivity index (χ3n) is 11.1. The average molecular weight is 746 g/mol. The number of nitrogens with one attached hydrogen (secondary N) is 3. The number of aliphatic hydroxyl groups excluding tert-OH is 4. The van der Waals surface area contributed by atoms with E-state index in [1.807, 2.05) is 29.2 Å². The molecule has 8 rings (SSSR count). The van der Waals surface area contributed by atoms with Gasteiger partial charge >= 0.3 is 0 Å². The highest BCUT2D eigenvalue weighted by Gasteiger charge is 2.54. The number of rotatable bonds is 9. The number of anilines is 1. The van der Waals surface area contributed by atoms with Gasteiger partial charge in [0.1, 0.15) is 49.5 Å². The minimum absolute atomic E-state index is 0.0321. The van der Waals surface area contributed by atoms with Crippen molar-refractivity contribution in [2.24, 2.45) is 5.73 Å². The second kappa shape index (κ2) is 14.3. The van der Waals surface area contributed by atoms with Crippen LogP contribution in [0.4, 0.5) is 5.69 Å². The number of carbonyl (C=O) groups excluding carboxylic acids is 3. The van der Waals surface area contributed by atoms with Crippen molar-refractivity contribution < 1.29 is 54.1 Å². The summed E-state index contributed by atoms with van der Waals surface area (Å²) in [6.45, 7) is -0.482. The maximum atomic E-state index is 14.2. The minimum Gasteiger partial charge on any atom is -0.486 e. The van der Waals surface area contributed by atoms with Crippen LogP contribution in [0.5, 0.6) is 11.5 Å². The fraction of sp³-hybridized carbons (Fsp3) is 0.447. The molecule has 8 atom stereocenters. The fourth-order valence-corrected chi connectivity index (χ4v) is 8.44. The molecular weight excluding hydrogens is 702 g/mol. The van der Waals surface area contributed by atoms with E-state index in [0.717, 1.165) is 0 Å². The number of aliphatic hydroxyl groups is 5. The van der Waals surface area contributed by atoms with Gasteiger partial charge in [0.05, 0.1) is 24.4 Å². The van der Waals surface area contributed by atoms with E-state index in [1.165, 1.54) is 12.1 Å². The topological polar surface area (TPSA) is 245 Å². The van der Waals surface area contributed by atoms with Gasteiger partial charge in [0.15, 0.2) is 23.1 Å². The van der Waals surface area contributed by atoms with Crippen molar-refractivity contribution in [1.29, 1.82) is 0 Å². The van der Waals surface area contributed by atoms with Gasteiger partial charge in [-0.15, -0.1) is 0 Å². The predicted octanol–water partition coefficient (Wildman–Crippen LogP) is -1.06. The van der Waals surface area contributed by atoms with Crippen molar-refractivity contribution in [2.75, 3.05) is 24.8 Å². The predicted molar refractivity (Wildman–Crippen MR) is 190 cm³/mol. The van der Waals surface area contributed by atoms with Crippen LogP contribution in [0.1, 0.15) is 68.7 Å². The van der Waals surface area contributed by atoms with Gasteiger partial charge in [-0.25, -0.2) is 0 Å². The Morgan fingerprint density at radius 3 is 2.33 bits per heavy atom. The van der Waals surface area contributed by atoms with Crippen LogP contribution in [0, 0.1) is 0 Å². The highest BCUT2D eigenvalue weighted by Crippen LogP contribution is 2.46. The van der Waals surface area contributed by atoms with Gasteiger partial charge < -0.3 is 50.0 Å². The number of hydrogen-bond donors (Lipinski definition) is 9. The summed E-state index contributed by atoms with van der Waals surface area (Å²) in [5, 5.41) is 63.7. The third-order valence-corrected chi connectivity index (χ3v) is 11.1. The smallest absolute Gasteiger partial charge is 0.242 e. The van der Waals surface area contributed by atoms with Crippen molar-refractivity contribution in [1.82, 2.24) is 16.0 Å². The van der Waals surface area contributed by atoms with Gasteiger partial charge in [0.2, 0.25) is 12.2 Å². The van der Waals surface area contributed by atoms with E-state index < -0.39 is 73.0 Å². The van der Waals surface area contributed by atoms with E-state index in [1.54, 1.807) is 18.2 Å². The number of ketones is 2. The standard InChI is InChI=1S/C38H43N5O11/c39-37-41-34-25(35(50)42-37)40-17-43(34)23-10-4-1-7-18(23)15-19-16-22-24(27(46)21-9-3-2-8-20(21)26(22)45)32(52-14-13-44)31(19)53-36-30(49)28(47)29(48)33(54-36)38(51)11-5-6-12-38/h1-4,7-10,16,25,28-30,33-34,36-37,40-41,44,47-49,51H,5-6,11-15,17,39H2,(H,42,50). The van der Waals surface area contributed by atoms with Crippen LogP contribution < -0.4 is 36.1 Å². The summed E-state index contributed by atoms with van der Waals surface area (Å²) in [7, 11) is 0. The summed E-state index contributed by atoms with van der Waals surface area (Å²) < 4.78 is 18.6. The van der Waals surface area contributed by atoms with Crippen molar-refractivity contribution in [3.8, 4) is 11.5 Å². The summed E-state index contributed by atoms with van der Waals surface area (Å²) >= 11 is 0. The number of amides is 1. The fourth-order valence-electron chi connectivity index (χ4n) is 8.44. The van der Waals surface area contributed by atoms with Gasteiger partial charge in [-0.3, -0.25) is 30.8 Å². The Bertz CT molecular complexity index is 1970. The highest BCUT2D eigenvalue weighted by atomic mass is 16.7. The van der Waals surface area contributed by atoms with Crippen LogP contribution in [-0.2, 0) is 16.0 Å². The first-order chi connectivity index (χ1) is 26.0. The number of ether oxygens (including phenoxy) is 3. The lowest BCUT2D eigenvalue weighted by Crippen LogP contribution is -2.70. The molecule has 0 aromatic heterocycles. The normalized spacial score (nSPS) is 30.0. The van der Waals surface area contributed by atoms with Gasteiger partial charge in [-0.1, -0.05) is 55.3 Å². The number of fused-ring (bicyclic) bond motifs is 3. The average Bonchev–Trinajstić information content (AvgIpc) is 3.81. The summed E-state index contributed by atoms with van der Waals surface area (Å²) in [5.41, 5.74) is 6.55. The van der Waals surface area contributed by atoms with Gasteiger partial charge in [0, 0.05) is 34.4 Å². The first-order valence-corrected chi connectivity index (χ1v) is 18.1. The van der Waals surface area contributed by atoms with Crippen LogP contribution in [0.3, 0.4) is 0 Å². The zero-order chi connectivity index (χ0) is 37.9. The molecule has 3 aromatic carbocycles. The Labute approximate surface area is 309 Å². The molecule has 0 radical (unpaired) electrons. The first-order valence-electron chi connectivity index (χ1n) is 18.1. The number of carbonyl (C=O) groups is 3. The second-order valence-electron chi connectivity index (χ2n) is 14.4. The molecule has 10 N–H and O–H groups in total. The number of benzene rings is 3. The quantitative estimate of drug-likeness (QED) is 0.0992. The first kappa shape index (κ1) is 36.5. The molecule has 286 valence electrons. The molecule has 54 heavy (non-hydrogen) atoms. The largest absolute Gasteiger partial charge is 0.486 e. The van der Waals surface area contributed by atoms with E-state index in [2.05, 4.69) is 16.0 Å².